The number of carboxylic acids is 1. The van der Waals surface area contributed by atoms with E-state index in [0.29, 0.717) is 18.9 Å². The third-order valence-electron chi connectivity index (χ3n) is 2.71. The van der Waals surface area contributed by atoms with Crippen LogP contribution in [0.3, 0.4) is 0 Å². The number of carboxylic acid groups (broad SMARTS) is 1. The van der Waals surface area contributed by atoms with Crippen molar-refractivity contribution >= 4 is 23.6 Å². The Balaban J connectivity index is 2.14. The molecule has 0 unspecified atom stereocenters. The van der Waals surface area contributed by atoms with Gasteiger partial charge in [-0.3, -0.25) is 9.59 Å². The number of carbonyl (C=O) groups excluding carboxylic acids is 1. The van der Waals surface area contributed by atoms with Gasteiger partial charge in [0.1, 0.15) is 5.75 Å². The molecule has 0 fully saturated rings. The second-order valence-corrected chi connectivity index (χ2v) is 5.77. The first kappa shape index (κ1) is 17.4. The maximum absolute atomic E-state index is 11.6. The molecule has 2 N–H and O–H groups in total. The predicted octanol–water partition coefficient (Wildman–Crippen LogP) is 2.01. The first-order valence-corrected chi connectivity index (χ1v) is 7.91. The fourth-order valence-corrected chi connectivity index (χ4v) is 2.29. The number of aliphatic carboxylic acids is 1. The molecule has 116 valence electrons. The molecule has 0 aliphatic carbocycles. The lowest BCUT2D eigenvalue weighted by Gasteiger charge is -2.10. The number of hydrogen-bond acceptors (Lipinski definition) is 4. The molecule has 0 saturated carbocycles. The summed E-state index contributed by atoms with van der Waals surface area (Å²) in [4.78, 5) is 21.8. The summed E-state index contributed by atoms with van der Waals surface area (Å²) in [5, 5.41) is 11.2. The number of carbonyl (C=O) groups is 2. The van der Waals surface area contributed by atoms with Crippen LogP contribution in [0.15, 0.2) is 18.2 Å². The van der Waals surface area contributed by atoms with Crippen molar-refractivity contribution in [3.05, 3.63) is 29.3 Å². The van der Waals surface area contributed by atoms with Gasteiger partial charge in [-0.15, -0.1) is 11.8 Å². The van der Waals surface area contributed by atoms with Crippen molar-refractivity contribution < 1.29 is 19.4 Å². The molecular formula is C15H21NO4S. The molecule has 1 amide bonds. The standard InChI is InChI=1S/C15H21NO4S/c1-11-3-4-13(12(2)9-11)20-7-5-14(17)16-6-8-21-10-15(18)19/h3-4,9H,5-8,10H2,1-2H3,(H,16,17)(H,18,19). The van der Waals surface area contributed by atoms with Gasteiger partial charge in [-0.2, -0.15) is 0 Å². The number of aryl methyl sites for hydroxylation is 2. The van der Waals surface area contributed by atoms with Gasteiger partial charge in [-0.05, 0) is 25.5 Å². The second kappa shape index (κ2) is 9.28. The van der Waals surface area contributed by atoms with Crippen LogP contribution in [0.5, 0.6) is 5.75 Å². The summed E-state index contributed by atoms with van der Waals surface area (Å²) in [6.45, 7) is 4.80. The summed E-state index contributed by atoms with van der Waals surface area (Å²) in [6.07, 6.45) is 0.289. The van der Waals surface area contributed by atoms with Crippen LogP contribution in [-0.2, 0) is 9.59 Å². The van der Waals surface area contributed by atoms with E-state index in [2.05, 4.69) is 5.32 Å². The molecule has 0 atom stereocenters. The lowest BCUT2D eigenvalue weighted by atomic mass is 10.1. The van der Waals surface area contributed by atoms with E-state index >= 15 is 0 Å². The number of hydrogen-bond donors (Lipinski definition) is 2. The van der Waals surface area contributed by atoms with Crippen LogP contribution in [0, 0.1) is 13.8 Å². The second-order valence-electron chi connectivity index (χ2n) is 4.66. The summed E-state index contributed by atoms with van der Waals surface area (Å²) >= 11 is 1.28. The molecule has 6 heteroatoms. The van der Waals surface area contributed by atoms with E-state index in [4.69, 9.17) is 9.84 Å². The van der Waals surface area contributed by atoms with Gasteiger partial charge in [0.05, 0.1) is 18.8 Å². The zero-order chi connectivity index (χ0) is 15.7. The van der Waals surface area contributed by atoms with E-state index in [0.717, 1.165) is 11.3 Å². The van der Waals surface area contributed by atoms with Crippen LogP contribution in [0.1, 0.15) is 17.5 Å². The van der Waals surface area contributed by atoms with E-state index < -0.39 is 5.97 Å². The van der Waals surface area contributed by atoms with Gasteiger partial charge in [0, 0.05) is 12.3 Å². The Labute approximate surface area is 129 Å². The Bertz CT molecular complexity index is 491. The highest BCUT2D eigenvalue weighted by Crippen LogP contribution is 2.18. The van der Waals surface area contributed by atoms with Crippen LogP contribution in [0.25, 0.3) is 0 Å². The molecule has 1 aromatic rings. The molecule has 0 radical (unpaired) electrons. The number of nitrogens with one attached hydrogen (secondary N) is 1. The van der Waals surface area contributed by atoms with E-state index in [-0.39, 0.29) is 18.1 Å². The number of rotatable bonds is 9. The Kier molecular flexibility index (Phi) is 7.68. The molecule has 0 heterocycles. The van der Waals surface area contributed by atoms with E-state index in [9.17, 15) is 9.59 Å². The third-order valence-corrected chi connectivity index (χ3v) is 3.66. The van der Waals surface area contributed by atoms with Gasteiger partial charge < -0.3 is 15.2 Å². The predicted molar refractivity (Wildman–Crippen MR) is 84.0 cm³/mol. The van der Waals surface area contributed by atoms with E-state index in [1.807, 2.05) is 32.0 Å². The zero-order valence-electron chi connectivity index (χ0n) is 12.3. The monoisotopic (exact) mass is 311 g/mol. The minimum atomic E-state index is -0.840. The van der Waals surface area contributed by atoms with Gasteiger partial charge in [-0.1, -0.05) is 17.7 Å². The largest absolute Gasteiger partial charge is 0.493 e. The van der Waals surface area contributed by atoms with Crippen molar-refractivity contribution in [2.24, 2.45) is 0 Å². The molecule has 0 saturated heterocycles. The van der Waals surface area contributed by atoms with Gasteiger partial charge in [-0.25, -0.2) is 0 Å². The van der Waals surface area contributed by atoms with E-state index in [1.54, 1.807) is 0 Å². The van der Waals surface area contributed by atoms with E-state index in [1.165, 1.54) is 17.3 Å². The van der Waals surface area contributed by atoms with Crippen LogP contribution in [0.4, 0.5) is 0 Å². The molecule has 0 aliphatic heterocycles. The molecule has 21 heavy (non-hydrogen) atoms. The highest BCUT2D eigenvalue weighted by molar-refractivity contribution is 7.99. The van der Waals surface area contributed by atoms with Crippen molar-refractivity contribution in [2.45, 2.75) is 20.3 Å². The number of amides is 1. The summed E-state index contributed by atoms with van der Waals surface area (Å²) in [6, 6.07) is 5.92. The topological polar surface area (TPSA) is 75.6 Å². The quantitative estimate of drug-likeness (QED) is 0.682. The maximum Gasteiger partial charge on any atom is 0.313 e. The molecule has 0 aromatic heterocycles. The minimum absolute atomic E-state index is 0.0612. The van der Waals surface area contributed by atoms with Gasteiger partial charge >= 0.3 is 5.97 Å². The summed E-state index contributed by atoms with van der Waals surface area (Å²) in [5.74, 6) is 0.524. The van der Waals surface area contributed by atoms with Crippen LogP contribution < -0.4 is 10.1 Å². The molecule has 5 nitrogen and oxygen atoms in total. The fourth-order valence-electron chi connectivity index (χ4n) is 1.73. The smallest absolute Gasteiger partial charge is 0.313 e. The average molecular weight is 311 g/mol. The molecular weight excluding hydrogens is 290 g/mol. The maximum atomic E-state index is 11.6. The molecule has 0 aliphatic rings. The Hall–Kier alpha value is -1.69. The molecule has 0 bridgehead atoms. The third kappa shape index (κ3) is 7.60. The fraction of sp³-hybridized carbons (Fsp3) is 0.467. The van der Waals surface area contributed by atoms with Crippen molar-refractivity contribution in [1.82, 2.24) is 5.32 Å². The van der Waals surface area contributed by atoms with Crippen molar-refractivity contribution in [3.63, 3.8) is 0 Å². The Morgan fingerprint density at radius 3 is 2.76 bits per heavy atom. The summed E-state index contributed by atoms with van der Waals surface area (Å²) < 4.78 is 5.58. The number of ether oxygens (including phenoxy) is 1. The van der Waals surface area contributed by atoms with Crippen LogP contribution in [0.2, 0.25) is 0 Å². The SMILES string of the molecule is Cc1ccc(OCCC(=O)NCCSCC(=O)O)c(C)c1. The normalized spacial score (nSPS) is 10.2. The average Bonchev–Trinajstić information content (AvgIpc) is 2.40. The highest BCUT2D eigenvalue weighted by atomic mass is 32.2. The number of thioether (sulfide) groups is 1. The van der Waals surface area contributed by atoms with Crippen LogP contribution >= 0.6 is 11.8 Å². The summed E-state index contributed by atoms with van der Waals surface area (Å²) in [5.41, 5.74) is 2.23. The lowest BCUT2D eigenvalue weighted by Crippen LogP contribution is -2.27. The van der Waals surface area contributed by atoms with Gasteiger partial charge in [0.2, 0.25) is 5.91 Å². The zero-order valence-corrected chi connectivity index (χ0v) is 13.2. The van der Waals surface area contributed by atoms with Crippen molar-refractivity contribution in [3.8, 4) is 5.75 Å². The molecule has 1 rings (SSSR count). The van der Waals surface area contributed by atoms with Gasteiger partial charge in [0.25, 0.3) is 0 Å². The first-order valence-electron chi connectivity index (χ1n) is 6.75. The van der Waals surface area contributed by atoms with Crippen molar-refractivity contribution in [1.29, 1.82) is 0 Å². The first-order chi connectivity index (χ1) is 9.99. The molecule has 1 aromatic carbocycles. The summed E-state index contributed by atoms with van der Waals surface area (Å²) in [7, 11) is 0. The molecule has 0 spiro atoms. The Morgan fingerprint density at radius 2 is 2.10 bits per heavy atom. The van der Waals surface area contributed by atoms with Gasteiger partial charge in [0.15, 0.2) is 0 Å². The minimum Gasteiger partial charge on any atom is -0.493 e. The van der Waals surface area contributed by atoms with Crippen LogP contribution in [-0.4, -0.2) is 41.6 Å². The lowest BCUT2D eigenvalue weighted by molar-refractivity contribution is -0.133. The number of benzene rings is 1. The van der Waals surface area contributed by atoms with Crippen molar-refractivity contribution in [2.75, 3.05) is 24.7 Å². The Morgan fingerprint density at radius 1 is 1.33 bits per heavy atom. The highest BCUT2D eigenvalue weighted by Gasteiger charge is 2.04.